The highest BCUT2D eigenvalue weighted by Gasteiger charge is 2.11. The number of hydrogen-bond acceptors (Lipinski definition) is 1. The Hall–Kier alpha value is -1.34. The van der Waals surface area contributed by atoms with E-state index in [2.05, 4.69) is 0 Å². The van der Waals surface area contributed by atoms with Crippen LogP contribution in [-0.4, -0.2) is 15.6 Å². The molecule has 13 heavy (non-hydrogen) atoms. The fourth-order valence-corrected chi connectivity index (χ4v) is 2.42. The molecule has 0 aliphatic rings. The van der Waals surface area contributed by atoms with E-state index in [1.54, 1.807) is 11.6 Å². The molecule has 0 amide bonds. The third kappa shape index (κ3) is 1.21. The first-order valence-electron chi connectivity index (χ1n) is 3.85. The van der Waals surface area contributed by atoms with Gasteiger partial charge in [0.25, 0.3) is 0 Å². The molecule has 1 aromatic heterocycles. The number of carboxylic acids is 1. The maximum atomic E-state index is 10.8. The maximum Gasteiger partial charge on any atom is 0.357 e. The second-order valence-corrected chi connectivity index (χ2v) is 3.92. The highest BCUT2D eigenvalue weighted by molar-refractivity contribution is 7.39. The van der Waals surface area contributed by atoms with E-state index in [4.69, 9.17) is 5.11 Å². The van der Waals surface area contributed by atoms with Gasteiger partial charge in [0.05, 0.1) is 5.52 Å². The topological polar surface area (TPSA) is 42.2 Å². The molecule has 1 N–H and O–H groups in total. The van der Waals surface area contributed by atoms with E-state index in [-0.39, 0.29) is 0 Å². The molecule has 0 atom stereocenters. The summed E-state index contributed by atoms with van der Waals surface area (Å²) >= 11 is 0. The van der Waals surface area contributed by atoms with Crippen molar-refractivity contribution in [2.24, 2.45) is 7.05 Å². The maximum absolute atomic E-state index is 10.8. The zero-order valence-corrected chi connectivity index (χ0v) is 7.95. The van der Waals surface area contributed by atoms with Crippen molar-refractivity contribution in [2.45, 2.75) is 0 Å². The van der Waals surface area contributed by atoms with E-state index >= 15 is 0 Å². The summed E-state index contributed by atoms with van der Waals surface area (Å²) in [5, 5.41) is 9.93. The molecule has 1 aromatic carbocycles. The van der Waals surface area contributed by atoms with Crippen LogP contribution in [0.1, 0.15) is 10.2 Å². The predicted molar refractivity (Wildman–Crippen MR) is 52.4 cm³/mol. The lowest BCUT2D eigenvalue weighted by atomic mass is 10.3. The van der Waals surface area contributed by atoms with E-state index in [1.807, 2.05) is 24.3 Å². The number of rotatable bonds is 1. The van der Waals surface area contributed by atoms with Crippen LogP contribution in [0.3, 0.4) is 0 Å². The fourth-order valence-electron chi connectivity index (χ4n) is 1.34. The van der Waals surface area contributed by atoms with Crippen LogP contribution in [0.2, 0.25) is 0 Å². The number of aromatic nitrogens is 1. The summed E-state index contributed by atoms with van der Waals surface area (Å²) in [4.78, 5) is 10.8. The van der Waals surface area contributed by atoms with Gasteiger partial charge < -0.3 is 9.67 Å². The smallest absolute Gasteiger partial charge is 0.357 e. The summed E-state index contributed by atoms with van der Waals surface area (Å²) in [7, 11) is 2.57. The van der Waals surface area contributed by atoms with Crippen LogP contribution in [0.15, 0.2) is 24.3 Å². The minimum atomic E-state index is -0.847. The zero-order valence-electron chi connectivity index (χ0n) is 7.06. The number of benzene rings is 1. The van der Waals surface area contributed by atoms with Gasteiger partial charge in [0.1, 0.15) is 0 Å². The van der Waals surface area contributed by atoms with Crippen LogP contribution in [0.5, 0.6) is 0 Å². The molecule has 0 bridgehead atoms. The number of para-hydroxylation sites is 1. The van der Waals surface area contributed by atoms with E-state index in [0.29, 0.717) is 5.43 Å². The van der Waals surface area contributed by atoms with Crippen molar-refractivity contribution < 1.29 is 9.90 Å². The van der Waals surface area contributed by atoms with Gasteiger partial charge in [-0.1, -0.05) is 12.1 Å². The normalized spacial score (nSPS) is 11.2. The van der Waals surface area contributed by atoms with Crippen molar-refractivity contribution in [3.05, 3.63) is 29.7 Å². The first kappa shape index (κ1) is 8.27. The lowest BCUT2D eigenvalue weighted by molar-refractivity contribution is 0.0692. The Balaban J connectivity index is 2.81. The zero-order chi connectivity index (χ0) is 9.42. The molecular formula is C9H8NO2P. The number of aromatic carboxylic acids is 1. The van der Waals surface area contributed by atoms with E-state index in [1.165, 1.54) is 0 Å². The van der Waals surface area contributed by atoms with Gasteiger partial charge in [-0.05, 0) is 20.3 Å². The predicted octanol–water partition coefficient (Wildman–Crippen LogP) is 2.46. The van der Waals surface area contributed by atoms with Crippen LogP contribution in [0, 0.1) is 0 Å². The minimum Gasteiger partial charge on any atom is -0.476 e. The molecule has 0 aliphatic carbocycles. The van der Waals surface area contributed by atoms with Crippen LogP contribution in [0.4, 0.5) is 0 Å². The molecule has 0 saturated heterocycles. The Morgan fingerprint density at radius 2 is 2.15 bits per heavy atom. The first-order chi connectivity index (χ1) is 6.20. The molecule has 0 spiro atoms. The van der Waals surface area contributed by atoms with Crippen LogP contribution in [0.25, 0.3) is 10.6 Å². The number of hydrogen-bond donors (Lipinski definition) is 1. The monoisotopic (exact) mass is 193 g/mol. The number of aryl methyl sites for hydroxylation is 1. The molecule has 2 rings (SSSR count). The molecule has 0 aliphatic heterocycles. The summed E-state index contributed by atoms with van der Waals surface area (Å²) in [5.74, 6) is -0.847. The van der Waals surface area contributed by atoms with Gasteiger partial charge >= 0.3 is 5.97 Å². The van der Waals surface area contributed by atoms with Crippen molar-refractivity contribution in [3.8, 4) is 0 Å². The Bertz CT molecular complexity index is 475. The molecule has 3 nitrogen and oxygen atoms in total. The summed E-state index contributed by atoms with van der Waals surface area (Å²) in [6.45, 7) is 0. The molecule has 66 valence electrons. The SMILES string of the molecule is Cn1c(C(=O)O)pc2ccccc21. The van der Waals surface area contributed by atoms with E-state index in [0.717, 1.165) is 18.8 Å². The lowest BCUT2D eigenvalue weighted by Crippen LogP contribution is -2.01. The number of carboxylic acid groups (broad SMARTS) is 1. The van der Waals surface area contributed by atoms with Gasteiger partial charge in [-0.15, -0.1) is 0 Å². The molecule has 0 unspecified atom stereocenters. The summed E-state index contributed by atoms with van der Waals surface area (Å²) in [6, 6.07) is 7.71. The van der Waals surface area contributed by atoms with E-state index < -0.39 is 5.97 Å². The molecular weight excluding hydrogens is 185 g/mol. The fraction of sp³-hybridized carbons (Fsp3) is 0.111. The number of nitrogens with zero attached hydrogens (tertiary/aromatic N) is 1. The van der Waals surface area contributed by atoms with Crippen molar-refractivity contribution >= 4 is 24.8 Å². The molecule has 0 saturated carbocycles. The minimum absolute atomic E-state index is 0.418. The van der Waals surface area contributed by atoms with Gasteiger partial charge in [0, 0.05) is 12.2 Å². The summed E-state index contributed by atoms with van der Waals surface area (Å²) in [6.07, 6.45) is 0. The first-order valence-corrected chi connectivity index (χ1v) is 4.74. The Morgan fingerprint density at radius 1 is 1.46 bits per heavy atom. The third-order valence-corrected chi connectivity index (χ3v) is 3.30. The van der Waals surface area contributed by atoms with Gasteiger partial charge in [0.15, 0.2) is 5.43 Å². The van der Waals surface area contributed by atoms with Gasteiger partial charge in [-0.25, -0.2) is 4.79 Å². The number of carbonyl (C=O) groups is 1. The molecule has 0 fully saturated rings. The summed E-state index contributed by atoms with van der Waals surface area (Å²) in [5.41, 5.74) is 1.41. The Morgan fingerprint density at radius 3 is 2.77 bits per heavy atom. The third-order valence-electron chi connectivity index (χ3n) is 1.98. The molecule has 2 aromatic rings. The van der Waals surface area contributed by atoms with Crippen molar-refractivity contribution in [2.75, 3.05) is 0 Å². The molecule has 1 heterocycles. The average Bonchev–Trinajstić information content (AvgIpc) is 2.45. The summed E-state index contributed by atoms with van der Waals surface area (Å²) < 4.78 is 1.72. The number of fused-ring (bicyclic) bond motifs is 1. The highest BCUT2D eigenvalue weighted by atomic mass is 31.0. The van der Waals surface area contributed by atoms with Gasteiger partial charge in [-0.3, -0.25) is 0 Å². The quantitative estimate of drug-likeness (QED) is 0.755. The largest absolute Gasteiger partial charge is 0.476 e. The standard InChI is InChI=1S/C9H8NO2P/c1-10-6-4-2-3-5-7(6)13-8(10)9(11)12/h2-5H,1H3,(H,11,12). The van der Waals surface area contributed by atoms with Crippen molar-refractivity contribution in [3.63, 3.8) is 0 Å². The molecule has 4 heteroatoms. The van der Waals surface area contributed by atoms with E-state index in [9.17, 15) is 4.79 Å². The lowest BCUT2D eigenvalue weighted by Gasteiger charge is -1.96. The highest BCUT2D eigenvalue weighted by Crippen LogP contribution is 2.29. The van der Waals surface area contributed by atoms with Gasteiger partial charge in [-0.2, -0.15) is 0 Å². The Labute approximate surface area is 76.7 Å². The second-order valence-electron chi connectivity index (χ2n) is 2.79. The average molecular weight is 193 g/mol. The molecule has 0 radical (unpaired) electrons. The second kappa shape index (κ2) is 2.86. The van der Waals surface area contributed by atoms with Crippen LogP contribution >= 0.6 is 8.19 Å². The van der Waals surface area contributed by atoms with Gasteiger partial charge in [0.2, 0.25) is 0 Å². The Kier molecular flexibility index (Phi) is 1.82. The van der Waals surface area contributed by atoms with Crippen molar-refractivity contribution in [1.82, 2.24) is 4.57 Å². The van der Waals surface area contributed by atoms with Crippen LogP contribution < -0.4 is 0 Å². The van der Waals surface area contributed by atoms with Crippen LogP contribution in [-0.2, 0) is 7.05 Å². The van der Waals surface area contributed by atoms with Crippen molar-refractivity contribution in [1.29, 1.82) is 0 Å².